The van der Waals surface area contributed by atoms with Crippen LogP contribution in [0.25, 0.3) is 0 Å². The molecule has 0 saturated heterocycles. The summed E-state index contributed by atoms with van der Waals surface area (Å²) >= 11 is 3.14. The van der Waals surface area contributed by atoms with Crippen molar-refractivity contribution in [2.45, 2.75) is 39.2 Å². The summed E-state index contributed by atoms with van der Waals surface area (Å²) < 4.78 is 13.5. The second-order valence-electron chi connectivity index (χ2n) is 5.00. The molecule has 1 amide bonds. The molecule has 5 heteroatoms. The Hall–Kier alpha value is -0.940. The highest BCUT2D eigenvalue weighted by atomic mass is 79.9. The van der Waals surface area contributed by atoms with Gasteiger partial charge >= 0.3 is 0 Å². The van der Waals surface area contributed by atoms with Gasteiger partial charge in [-0.05, 0) is 52.9 Å². The van der Waals surface area contributed by atoms with Crippen molar-refractivity contribution >= 4 is 21.8 Å². The zero-order valence-corrected chi connectivity index (χ0v) is 13.4. The number of hydrogen-bond donors (Lipinski definition) is 2. The molecule has 0 aromatic heterocycles. The van der Waals surface area contributed by atoms with Crippen LogP contribution in [0, 0.1) is 11.7 Å². The van der Waals surface area contributed by atoms with E-state index in [1.54, 1.807) is 12.1 Å². The second kappa shape index (κ2) is 8.37. The van der Waals surface area contributed by atoms with Gasteiger partial charge in [0.25, 0.3) is 0 Å². The first-order chi connectivity index (χ1) is 9.43. The van der Waals surface area contributed by atoms with Crippen molar-refractivity contribution in [3.05, 3.63) is 34.1 Å². The molecule has 1 aromatic carbocycles. The fraction of sp³-hybridized carbons (Fsp3) is 0.533. The minimum Gasteiger partial charge on any atom is -0.393 e. The van der Waals surface area contributed by atoms with Crippen LogP contribution in [-0.2, 0) is 11.2 Å². The van der Waals surface area contributed by atoms with Crippen molar-refractivity contribution in [3.8, 4) is 0 Å². The van der Waals surface area contributed by atoms with Gasteiger partial charge in [-0.1, -0.05) is 19.9 Å². The van der Waals surface area contributed by atoms with Crippen LogP contribution in [0.2, 0.25) is 0 Å². The van der Waals surface area contributed by atoms with Crippen molar-refractivity contribution < 1.29 is 14.3 Å². The monoisotopic (exact) mass is 345 g/mol. The number of rotatable bonds is 7. The van der Waals surface area contributed by atoms with Gasteiger partial charge in [-0.15, -0.1) is 0 Å². The van der Waals surface area contributed by atoms with Gasteiger partial charge in [0, 0.05) is 12.5 Å². The van der Waals surface area contributed by atoms with E-state index in [9.17, 15) is 14.3 Å². The highest BCUT2D eigenvalue weighted by Crippen LogP contribution is 2.19. The highest BCUT2D eigenvalue weighted by Gasteiger charge is 2.14. The number of amides is 1. The molecule has 0 spiro atoms. The summed E-state index contributed by atoms with van der Waals surface area (Å²) in [5, 5.41) is 12.2. The molecule has 112 valence electrons. The van der Waals surface area contributed by atoms with E-state index in [-0.39, 0.29) is 23.7 Å². The molecular formula is C15H21BrFNO2. The summed E-state index contributed by atoms with van der Waals surface area (Å²) in [6, 6.07) is 4.77. The molecule has 0 saturated carbocycles. The fourth-order valence-electron chi connectivity index (χ4n) is 1.85. The van der Waals surface area contributed by atoms with Crippen molar-refractivity contribution in [2.75, 3.05) is 6.54 Å². The third-order valence-corrected chi connectivity index (χ3v) is 3.83. The predicted octanol–water partition coefficient (Wildman–Crippen LogP) is 3.04. The van der Waals surface area contributed by atoms with Gasteiger partial charge in [-0.2, -0.15) is 0 Å². The van der Waals surface area contributed by atoms with E-state index in [1.807, 2.05) is 13.8 Å². The maximum atomic E-state index is 13.1. The lowest BCUT2D eigenvalue weighted by atomic mass is 10.0. The maximum Gasteiger partial charge on any atom is 0.223 e. The number of aliphatic hydroxyl groups is 1. The predicted molar refractivity (Wildman–Crippen MR) is 80.9 cm³/mol. The summed E-state index contributed by atoms with van der Waals surface area (Å²) in [5.74, 6) is -0.542. The molecular weight excluding hydrogens is 325 g/mol. The Kier molecular flexibility index (Phi) is 7.16. The molecule has 0 fully saturated rings. The van der Waals surface area contributed by atoms with Gasteiger partial charge in [0.05, 0.1) is 10.6 Å². The van der Waals surface area contributed by atoms with E-state index in [2.05, 4.69) is 21.2 Å². The molecule has 3 nitrogen and oxygen atoms in total. The molecule has 2 unspecified atom stereocenters. The average Bonchev–Trinajstić information content (AvgIpc) is 2.42. The van der Waals surface area contributed by atoms with Gasteiger partial charge in [0.2, 0.25) is 5.91 Å². The molecule has 1 rings (SSSR count). The van der Waals surface area contributed by atoms with Crippen LogP contribution in [0.5, 0.6) is 0 Å². The molecule has 0 radical (unpaired) electrons. The SMILES string of the molecule is CCC(O)CCNC(=O)C(C)Cc1ccc(F)c(Br)c1. The summed E-state index contributed by atoms with van der Waals surface area (Å²) in [5.41, 5.74) is 0.912. The van der Waals surface area contributed by atoms with E-state index in [4.69, 9.17) is 0 Å². The first kappa shape index (κ1) is 17.1. The largest absolute Gasteiger partial charge is 0.393 e. The zero-order chi connectivity index (χ0) is 15.1. The Morgan fingerprint density at radius 2 is 2.20 bits per heavy atom. The number of nitrogens with one attached hydrogen (secondary N) is 1. The van der Waals surface area contributed by atoms with Crippen LogP contribution in [0.1, 0.15) is 32.3 Å². The Morgan fingerprint density at radius 3 is 2.80 bits per heavy atom. The van der Waals surface area contributed by atoms with Crippen LogP contribution in [0.15, 0.2) is 22.7 Å². The summed E-state index contributed by atoms with van der Waals surface area (Å²) in [4.78, 5) is 11.9. The van der Waals surface area contributed by atoms with E-state index >= 15 is 0 Å². The molecule has 0 aliphatic rings. The molecule has 0 bridgehead atoms. The average molecular weight is 346 g/mol. The van der Waals surface area contributed by atoms with Gasteiger partial charge in [0.15, 0.2) is 0 Å². The Bertz CT molecular complexity index is 453. The maximum absolute atomic E-state index is 13.1. The summed E-state index contributed by atoms with van der Waals surface area (Å²) in [6.07, 6.45) is 1.45. The van der Waals surface area contributed by atoms with Gasteiger partial charge < -0.3 is 10.4 Å². The first-order valence-electron chi connectivity index (χ1n) is 6.83. The first-order valence-corrected chi connectivity index (χ1v) is 7.63. The fourth-order valence-corrected chi connectivity index (χ4v) is 2.28. The quantitative estimate of drug-likeness (QED) is 0.797. The molecule has 2 N–H and O–H groups in total. The van der Waals surface area contributed by atoms with Crippen molar-refractivity contribution in [2.24, 2.45) is 5.92 Å². The molecule has 0 heterocycles. The van der Waals surface area contributed by atoms with Crippen LogP contribution >= 0.6 is 15.9 Å². The van der Waals surface area contributed by atoms with E-state index in [0.29, 0.717) is 30.3 Å². The van der Waals surface area contributed by atoms with Crippen LogP contribution in [0.4, 0.5) is 4.39 Å². The van der Waals surface area contributed by atoms with E-state index in [1.165, 1.54) is 6.07 Å². The minimum atomic E-state index is -0.362. The van der Waals surface area contributed by atoms with Gasteiger partial charge in [0.1, 0.15) is 5.82 Å². The number of halogens is 2. The topological polar surface area (TPSA) is 49.3 Å². The van der Waals surface area contributed by atoms with Crippen LogP contribution in [-0.4, -0.2) is 23.7 Å². The Labute approximate surface area is 127 Å². The normalized spacial score (nSPS) is 13.8. The van der Waals surface area contributed by atoms with E-state index < -0.39 is 0 Å². The zero-order valence-electron chi connectivity index (χ0n) is 11.8. The molecule has 20 heavy (non-hydrogen) atoms. The number of benzene rings is 1. The highest BCUT2D eigenvalue weighted by molar-refractivity contribution is 9.10. The van der Waals surface area contributed by atoms with Gasteiger partial charge in [-0.25, -0.2) is 4.39 Å². The van der Waals surface area contributed by atoms with Crippen molar-refractivity contribution in [3.63, 3.8) is 0 Å². The Balaban J connectivity index is 2.43. The number of carbonyl (C=O) groups excluding carboxylic acids is 1. The Morgan fingerprint density at radius 1 is 1.50 bits per heavy atom. The van der Waals surface area contributed by atoms with Crippen molar-refractivity contribution in [1.29, 1.82) is 0 Å². The summed E-state index contributed by atoms with van der Waals surface area (Å²) in [7, 11) is 0. The molecule has 1 aromatic rings. The lowest BCUT2D eigenvalue weighted by molar-refractivity contribution is -0.124. The van der Waals surface area contributed by atoms with Crippen LogP contribution in [0.3, 0.4) is 0 Å². The van der Waals surface area contributed by atoms with E-state index in [0.717, 1.165) is 5.56 Å². The summed E-state index contributed by atoms with van der Waals surface area (Å²) in [6.45, 7) is 4.22. The third kappa shape index (κ3) is 5.59. The molecule has 0 aliphatic heterocycles. The lowest BCUT2D eigenvalue weighted by Crippen LogP contribution is -2.32. The number of aliphatic hydroxyl groups excluding tert-OH is 1. The number of hydrogen-bond acceptors (Lipinski definition) is 2. The second-order valence-corrected chi connectivity index (χ2v) is 5.85. The smallest absolute Gasteiger partial charge is 0.223 e. The number of carbonyl (C=O) groups is 1. The standard InChI is InChI=1S/C15H21BrFNO2/c1-3-12(19)6-7-18-15(20)10(2)8-11-4-5-14(17)13(16)9-11/h4-5,9-10,12,19H,3,6-8H2,1-2H3,(H,18,20). The molecule has 0 aliphatic carbocycles. The molecule has 2 atom stereocenters. The lowest BCUT2D eigenvalue weighted by Gasteiger charge is -2.14. The third-order valence-electron chi connectivity index (χ3n) is 3.22. The van der Waals surface area contributed by atoms with Crippen LogP contribution < -0.4 is 5.32 Å². The van der Waals surface area contributed by atoms with Crippen molar-refractivity contribution in [1.82, 2.24) is 5.32 Å². The minimum absolute atomic E-state index is 0.0475. The van der Waals surface area contributed by atoms with Gasteiger partial charge in [-0.3, -0.25) is 4.79 Å².